The summed E-state index contributed by atoms with van der Waals surface area (Å²) in [6, 6.07) is 17.4. The van der Waals surface area contributed by atoms with Crippen molar-refractivity contribution in [1.82, 2.24) is 4.98 Å². The number of amides is 2. The van der Waals surface area contributed by atoms with Crippen molar-refractivity contribution >= 4 is 68.1 Å². The predicted octanol–water partition coefficient (Wildman–Crippen LogP) is 5.95. The molecule has 1 aromatic heterocycles. The zero-order valence-corrected chi connectivity index (χ0v) is 20.6. The molecule has 0 unspecified atom stereocenters. The van der Waals surface area contributed by atoms with E-state index < -0.39 is 0 Å². The number of rotatable bonds is 8. The monoisotopic (exact) mass is 513 g/mol. The van der Waals surface area contributed by atoms with E-state index in [4.69, 9.17) is 21.1 Å². The number of thioether (sulfide) groups is 1. The molecule has 34 heavy (non-hydrogen) atoms. The molecule has 0 radical (unpaired) electrons. The average Bonchev–Trinajstić information content (AvgIpc) is 3.26. The second-order valence-corrected chi connectivity index (χ2v) is 9.72. The molecule has 0 aliphatic rings. The summed E-state index contributed by atoms with van der Waals surface area (Å²) in [6.07, 6.45) is 0. The third-order valence-corrected chi connectivity index (χ3v) is 7.14. The smallest absolute Gasteiger partial charge is 0.255 e. The summed E-state index contributed by atoms with van der Waals surface area (Å²) in [5.74, 6) is 0.866. The highest BCUT2D eigenvalue weighted by Gasteiger charge is 2.13. The average molecular weight is 514 g/mol. The Kier molecular flexibility index (Phi) is 7.56. The zero-order valence-electron chi connectivity index (χ0n) is 18.3. The van der Waals surface area contributed by atoms with Crippen LogP contribution >= 0.6 is 34.7 Å². The second kappa shape index (κ2) is 10.8. The van der Waals surface area contributed by atoms with Crippen molar-refractivity contribution in [2.75, 3.05) is 30.6 Å². The predicted molar refractivity (Wildman–Crippen MR) is 138 cm³/mol. The molecule has 10 heteroatoms. The van der Waals surface area contributed by atoms with Gasteiger partial charge >= 0.3 is 0 Å². The second-order valence-electron chi connectivity index (χ2n) is 7.03. The minimum absolute atomic E-state index is 0.130. The molecule has 1 heterocycles. The van der Waals surface area contributed by atoms with Gasteiger partial charge in [0.2, 0.25) is 5.91 Å². The van der Waals surface area contributed by atoms with Gasteiger partial charge in [-0.2, -0.15) is 0 Å². The molecule has 0 fully saturated rings. The van der Waals surface area contributed by atoms with Crippen LogP contribution in [0.15, 0.2) is 65.0 Å². The van der Waals surface area contributed by atoms with Gasteiger partial charge in [-0.1, -0.05) is 23.4 Å². The lowest BCUT2D eigenvalue weighted by Crippen LogP contribution is -2.13. The van der Waals surface area contributed by atoms with Gasteiger partial charge in [-0.05, 0) is 60.7 Å². The third kappa shape index (κ3) is 5.80. The summed E-state index contributed by atoms with van der Waals surface area (Å²) in [7, 11) is 3.06. The van der Waals surface area contributed by atoms with Gasteiger partial charge in [-0.15, -0.1) is 11.3 Å². The molecule has 174 valence electrons. The van der Waals surface area contributed by atoms with Gasteiger partial charge in [0, 0.05) is 22.0 Å². The fourth-order valence-electron chi connectivity index (χ4n) is 3.08. The number of nitrogens with zero attached hydrogens (tertiary/aromatic N) is 1. The number of fused-ring (bicyclic) bond motifs is 1. The molecule has 7 nitrogen and oxygen atoms in total. The van der Waals surface area contributed by atoms with Crippen molar-refractivity contribution in [3.8, 4) is 11.5 Å². The number of hydrogen-bond acceptors (Lipinski definition) is 7. The van der Waals surface area contributed by atoms with Gasteiger partial charge in [-0.25, -0.2) is 4.98 Å². The van der Waals surface area contributed by atoms with E-state index in [-0.39, 0.29) is 17.6 Å². The molecule has 2 amide bonds. The molecule has 0 atom stereocenters. The van der Waals surface area contributed by atoms with Crippen LogP contribution in [-0.2, 0) is 4.79 Å². The van der Waals surface area contributed by atoms with Gasteiger partial charge in [0.1, 0.15) is 0 Å². The van der Waals surface area contributed by atoms with Gasteiger partial charge in [-0.3, -0.25) is 9.59 Å². The SMILES string of the molecule is COc1ccc(C(=O)Nc2ccc3nc(SCC(=O)Nc4ccc(Cl)cc4)sc3c2)cc1OC. The summed E-state index contributed by atoms with van der Waals surface area (Å²) in [6.45, 7) is 0. The summed E-state index contributed by atoms with van der Waals surface area (Å²) >= 11 is 8.68. The molecule has 0 saturated heterocycles. The van der Waals surface area contributed by atoms with E-state index in [2.05, 4.69) is 15.6 Å². The van der Waals surface area contributed by atoms with Crippen molar-refractivity contribution in [2.24, 2.45) is 0 Å². The first kappa shape index (κ1) is 23.9. The standard InChI is InChI=1S/C24H20ClN3O4S2/c1-31-19-10-3-14(11-20(19)32-2)23(30)27-17-8-9-18-21(12-17)34-24(28-18)33-13-22(29)26-16-6-4-15(25)5-7-16/h3-12H,13H2,1-2H3,(H,26,29)(H,27,30). The Bertz CT molecular complexity index is 1340. The van der Waals surface area contributed by atoms with Crippen molar-refractivity contribution < 1.29 is 19.1 Å². The first-order valence-corrected chi connectivity index (χ1v) is 12.3. The van der Waals surface area contributed by atoms with E-state index in [0.717, 1.165) is 14.6 Å². The molecule has 0 bridgehead atoms. The Balaban J connectivity index is 1.39. The fourth-order valence-corrected chi connectivity index (χ4v) is 5.11. The third-order valence-electron chi connectivity index (χ3n) is 4.73. The van der Waals surface area contributed by atoms with Crippen LogP contribution in [-0.4, -0.2) is 36.8 Å². The normalized spacial score (nSPS) is 10.7. The van der Waals surface area contributed by atoms with E-state index in [0.29, 0.717) is 33.5 Å². The van der Waals surface area contributed by atoms with Crippen molar-refractivity contribution in [1.29, 1.82) is 0 Å². The Hall–Kier alpha value is -3.27. The Morgan fingerprint density at radius 3 is 2.41 bits per heavy atom. The lowest BCUT2D eigenvalue weighted by atomic mass is 10.2. The molecule has 4 aromatic rings. The van der Waals surface area contributed by atoms with E-state index in [1.165, 1.54) is 30.2 Å². The van der Waals surface area contributed by atoms with Crippen LogP contribution in [0.3, 0.4) is 0 Å². The molecule has 4 rings (SSSR count). The number of anilines is 2. The van der Waals surface area contributed by atoms with Crippen LogP contribution in [0.1, 0.15) is 10.4 Å². The maximum absolute atomic E-state index is 12.7. The van der Waals surface area contributed by atoms with E-state index in [1.807, 2.05) is 12.1 Å². The maximum atomic E-state index is 12.7. The van der Waals surface area contributed by atoms with E-state index in [9.17, 15) is 9.59 Å². The first-order valence-electron chi connectivity index (χ1n) is 10.1. The van der Waals surface area contributed by atoms with Gasteiger partial charge in [0.05, 0.1) is 30.2 Å². The maximum Gasteiger partial charge on any atom is 0.255 e. The van der Waals surface area contributed by atoms with Crippen molar-refractivity contribution in [2.45, 2.75) is 4.34 Å². The number of methoxy groups -OCH3 is 2. The zero-order chi connectivity index (χ0) is 24.1. The Labute approximate surface area is 209 Å². The lowest BCUT2D eigenvalue weighted by Gasteiger charge is -2.10. The molecule has 0 spiro atoms. The highest BCUT2D eigenvalue weighted by molar-refractivity contribution is 8.01. The van der Waals surface area contributed by atoms with E-state index in [1.54, 1.807) is 55.6 Å². The topological polar surface area (TPSA) is 89.5 Å². The summed E-state index contributed by atoms with van der Waals surface area (Å²) in [5.41, 5.74) is 2.59. The fraction of sp³-hybridized carbons (Fsp3) is 0.125. The molecule has 0 aliphatic carbocycles. The molecular formula is C24H20ClN3O4S2. The van der Waals surface area contributed by atoms with Gasteiger partial charge < -0.3 is 20.1 Å². The number of carbonyl (C=O) groups is 2. The summed E-state index contributed by atoms with van der Waals surface area (Å²) in [4.78, 5) is 29.5. The van der Waals surface area contributed by atoms with Gasteiger partial charge in [0.15, 0.2) is 15.8 Å². The minimum Gasteiger partial charge on any atom is -0.493 e. The number of ether oxygens (including phenoxy) is 2. The summed E-state index contributed by atoms with van der Waals surface area (Å²) in [5, 5.41) is 6.33. The summed E-state index contributed by atoms with van der Waals surface area (Å²) < 4.78 is 12.2. The van der Waals surface area contributed by atoms with Crippen LogP contribution in [0.2, 0.25) is 5.02 Å². The van der Waals surface area contributed by atoms with Crippen LogP contribution in [0, 0.1) is 0 Å². The number of carbonyl (C=O) groups excluding carboxylic acids is 2. The van der Waals surface area contributed by atoms with Crippen LogP contribution in [0.5, 0.6) is 11.5 Å². The highest BCUT2D eigenvalue weighted by atomic mass is 35.5. The van der Waals surface area contributed by atoms with Crippen LogP contribution in [0.4, 0.5) is 11.4 Å². The number of benzene rings is 3. The molecular weight excluding hydrogens is 494 g/mol. The number of hydrogen-bond donors (Lipinski definition) is 2. The van der Waals surface area contributed by atoms with E-state index >= 15 is 0 Å². The minimum atomic E-state index is -0.265. The number of thiazole rings is 1. The van der Waals surface area contributed by atoms with Gasteiger partial charge in [0.25, 0.3) is 5.91 Å². The molecule has 2 N–H and O–H groups in total. The Morgan fingerprint density at radius 2 is 1.68 bits per heavy atom. The number of aromatic nitrogens is 1. The van der Waals surface area contributed by atoms with Crippen LogP contribution < -0.4 is 20.1 Å². The van der Waals surface area contributed by atoms with Crippen molar-refractivity contribution in [3.05, 3.63) is 71.2 Å². The largest absolute Gasteiger partial charge is 0.493 e. The number of halogens is 1. The quantitative estimate of drug-likeness (QED) is 0.283. The molecule has 0 saturated carbocycles. The highest BCUT2D eigenvalue weighted by Crippen LogP contribution is 2.32. The number of nitrogens with one attached hydrogen (secondary N) is 2. The first-order chi connectivity index (χ1) is 16.4. The lowest BCUT2D eigenvalue weighted by molar-refractivity contribution is -0.113. The van der Waals surface area contributed by atoms with Crippen molar-refractivity contribution in [3.63, 3.8) is 0 Å². The molecule has 3 aromatic carbocycles. The molecule has 0 aliphatic heterocycles. The van der Waals surface area contributed by atoms with Crippen LogP contribution in [0.25, 0.3) is 10.2 Å². The Morgan fingerprint density at radius 1 is 0.941 bits per heavy atom.